The molecular weight excluding hydrogens is 440 g/mol. The summed E-state index contributed by atoms with van der Waals surface area (Å²) in [6.07, 6.45) is 6.84. The molecule has 3 atom stereocenters. The molecule has 0 saturated heterocycles. The van der Waals surface area contributed by atoms with Crippen LogP contribution in [0.4, 0.5) is 0 Å². The first-order valence-corrected chi connectivity index (χ1v) is 12.5. The number of carbonyl (C=O) groups excluding carboxylic acids is 1. The molecule has 4 aromatic carbocycles. The fourth-order valence-electron chi connectivity index (χ4n) is 6.53. The van der Waals surface area contributed by atoms with Crippen molar-refractivity contribution in [3.63, 3.8) is 0 Å². The highest BCUT2D eigenvalue weighted by atomic mass is 16.5. The number of fused-ring (bicyclic) bond motifs is 2. The summed E-state index contributed by atoms with van der Waals surface area (Å²) in [6, 6.07) is 39.2. The number of benzene rings is 4. The number of hydrogen-bond donors (Lipinski definition) is 0. The summed E-state index contributed by atoms with van der Waals surface area (Å²) < 4.78 is 7.50. The first kappa shape index (κ1) is 21.8. The van der Waals surface area contributed by atoms with E-state index < -0.39 is 11.2 Å². The molecule has 2 nitrogen and oxygen atoms in total. The second kappa shape index (κ2) is 8.28. The number of carbonyl (C=O) groups is 1. The molecular formula is C34H25O2. The molecule has 2 aliphatic carbocycles. The lowest BCUT2D eigenvalue weighted by Crippen LogP contribution is -2.52. The number of Topliss-reactive ketones (excluding diaryl/α,β-unsaturated/α-hetero) is 1. The van der Waals surface area contributed by atoms with E-state index in [1.54, 1.807) is 0 Å². The monoisotopic (exact) mass is 465 g/mol. The van der Waals surface area contributed by atoms with Gasteiger partial charge in [0.15, 0.2) is 5.78 Å². The Labute approximate surface area is 213 Å². The number of hydrogen-bond acceptors (Lipinski definition) is 2. The van der Waals surface area contributed by atoms with Crippen LogP contribution in [0.15, 0.2) is 115 Å². The first-order valence-electron chi connectivity index (χ1n) is 12.5. The zero-order valence-corrected chi connectivity index (χ0v) is 19.8. The molecule has 3 aliphatic rings. The van der Waals surface area contributed by atoms with Crippen molar-refractivity contribution in [2.24, 2.45) is 5.92 Å². The molecule has 1 fully saturated rings. The largest absolute Gasteiger partial charge is 0.349 e. The van der Waals surface area contributed by atoms with E-state index in [0.717, 1.165) is 33.7 Å². The van der Waals surface area contributed by atoms with Crippen LogP contribution < -0.4 is 0 Å². The van der Waals surface area contributed by atoms with Crippen molar-refractivity contribution in [1.82, 2.24) is 0 Å². The number of ketones is 1. The fraction of sp³-hybridized carbons (Fsp3) is 0.118. The van der Waals surface area contributed by atoms with E-state index in [1.807, 2.05) is 42.5 Å². The molecule has 36 heavy (non-hydrogen) atoms. The first-order chi connectivity index (χ1) is 17.7. The van der Waals surface area contributed by atoms with Crippen molar-refractivity contribution in [3.05, 3.63) is 174 Å². The minimum Gasteiger partial charge on any atom is -0.349 e. The Balaban J connectivity index is 1.49. The normalized spacial score (nSPS) is 26.9. The van der Waals surface area contributed by atoms with Gasteiger partial charge in [0.25, 0.3) is 0 Å². The highest BCUT2D eigenvalue weighted by molar-refractivity contribution is 5.96. The standard InChI is InChI=1S/C34H25O2/c35-32(24-13-4-1-5-14-24)23-31-27-19-12-22-28(27)33(25-15-6-2-7-16-25)29-20-10-11-21-30(29)34(31,36-33)26-17-8-3-9-18-26/h1-22,31H,23H2/t31-,33-,34-/m0/s1. The Bertz CT molecular complexity index is 1400. The molecule has 1 heterocycles. The van der Waals surface area contributed by atoms with Crippen LogP contribution in [0.25, 0.3) is 0 Å². The summed E-state index contributed by atoms with van der Waals surface area (Å²) in [7, 11) is 0. The molecule has 7 rings (SSSR count). The van der Waals surface area contributed by atoms with E-state index in [0.29, 0.717) is 6.42 Å². The summed E-state index contributed by atoms with van der Waals surface area (Å²) in [5, 5.41) is 0. The third-order valence-electron chi connectivity index (χ3n) is 7.98. The van der Waals surface area contributed by atoms with Crippen LogP contribution in [0, 0.1) is 37.0 Å². The Morgan fingerprint density at radius 3 is 1.94 bits per heavy atom. The highest BCUT2D eigenvalue weighted by Gasteiger charge is 2.69. The quantitative estimate of drug-likeness (QED) is 0.300. The van der Waals surface area contributed by atoms with Gasteiger partial charge in [0.2, 0.25) is 0 Å². The van der Waals surface area contributed by atoms with Crippen LogP contribution in [0.5, 0.6) is 0 Å². The second-order valence-electron chi connectivity index (χ2n) is 9.74. The number of ether oxygens (including phenoxy) is 1. The van der Waals surface area contributed by atoms with Crippen molar-refractivity contribution < 1.29 is 9.53 Å². The zero-order valence-electron chi connectivity index (χ0n) is 19.8. The summed E-state index contributed by atoms with van der Waals surface area (Å²) in [6.45, 7) is 0. The molecule has 173 valence electrons. The number of rotatable bonds is 5. The predicted molar refractivity (Wildman–Crippen MR) is 140 cm³/mol. The highest BCUT2D eigenvalue weighted by Crippen LogP contribution is 2.71. The Kier molecular flexibility index (Phi) is 5.01. The van der Waals surface area contributed by atoms with Crippen LogP contribution in [-0.2, 0) is 15.9 Å². The smallest absolute Gasteiger partial charge is 0.163 e. The summed E-state index contributed by atoms with van der Waals surface area (Å²) in [4.78, 5) is 13.7. The van der Waals surface area contributed by atoms with Gasteiger partial charge in [0.1, 0.15) is 11.2 Å². The SMILES string of the molecule is O=C(C[C@H]1[C]2[CH][CH][CH][C]2[C@]2(c3ccccc3)O[C@@]1(c1ccccc1)c1ccccc12)c1ccccc1. The average molecular weight is 466 g/mol. The molecule has 1 aliphatic heterocycles. The van der Waals surface area contributed by atoms with Gasteiger partial charge in [0.05, 0.1) is 0 Å². The Morgan fingerprint density at radius 2 is 1.25 bits per heavy atom. The van der Waals surface area contributed by atoms with Crippen LogP contribution >= 0.6 is 0 Å². The van der Waals surface area contributed by atoms with E-state index in [2.05, 4.69) is 92.1 Å². The van der Waals surface area contributed by atoms with Crippen molar-refractivity contribution >= 4 is 5.78 Å². The Morgan fingerprint density at radius 1 is 0.667 bits per heavy atom. The van der Waals surface area contributed by atoms with Gasteiger partial charge >= 0.3 is 0 Å². The van der Waals surface area contributed by atoms with E-state index >= 15 is 0 Å². The summed E-state index contributed by atoms with van der Waals surface area (Å²) >= 11 is 0. The van der Waals surface area contributed by atoms with Crippen molar-refractivity contribution in [3.8, 4) is 0 Å². The molecule has 0 spiro atoms. The maximum absolute atomic E-state index is 13.7. The van der Waals surface area contributed by atoms with Gasteiger partial charge in [-0.25, -0.2) is 0 Å². The topological polar surface area (TPSA) is 26.3 Å². The van der Waals surface area contributed by atoms with Crippen molar-refractivity contribution in [2.45, 2.75) is 17.6 Å². The Hall–Kier alpha value is -3.49. The van der Waals surface area contributed by atoms with Gasteiger partial charge in [0, 0.05) is 23.8 Å². The predicted octanol–water partition coefficient (Wildman–Crippen LogP) is 6.88. The molecule has 0 aromatic heterocycles. The lowest BCUT2D eigenvalue weighted by atomic mass is 9.63. The molecule has 4 aromatic rings. The lowest BCUT2D eigenvalue weighted by molar-refractivity contribution is -0.137. The summed E-state index contributed by atoms with van der Waals surface area (Å²) in [5.41, 5.74) is 3.69. The molecule has 0 N–H and O–H groups in total. The zero-order chi connectivity index (χ0) is 24.2. The lowest BCUT2D eigenvalue weighted by Gasteiger charge is -2.52. The fourth-order valence-corrected chi connectivity index (χ4v) is 6.53. The molecule has 2 bridgehead atoms. The van der Waals surface area contributed by atoms with Gasteiger partial charge in [-0.2, -0.15) is 0 Å². The van der Waals surface area contributed by atoms with E-state index in [-0.39, 0.29) is 11.7 Å². The average Bonchev–Trinajstić information content (AvgIpc) is 3.55. The molecule has 1 saturated carbocycles. The second-order valence-corrected chi connectivity index (χ2v) is 9.74. The van der Waals surface area contributed by atoms with Crippen LogP contribution in [0.1, 0.15) is 39.0 Å². The van der Waals surface area contributed by atoms with Crippen LogP contribution in [-0.4, -0.2) is 5.78 Å². The van der Waals surface area contributed by atoms with Crippen LogP contribution in [0.2, 0.25) is 0 Å². The molecule has 0 amide bonds. The van der Waals surface area contributed by atoms with E-state index in [1.165, 1.54) is 5.92 Å². The minimum absolute atomic E-state index is 0.128. The van der Waals surface area contributed by atoms with Gasteiger partial charge in [-0.3, -0.25) is 4.79 Å². The van der Waals surface area contributed by atoms with Gasteiger partial charge in [-0.15, -0.1) is 0 Å². The third-order valence-corrected chi connectivity index (χ3v) is 7.98. The van der Waals surface area contributed by atoms with E-state index in [9.17, 15) is 4.79 Å². The van der Waals surface area contributed by atoms with Gasteiger partial charge < -0.3 is 4.74 Å². The van der Waals surface area contributed by atoms with Crippen molar-refractivity contribution in [1.29, 1.82) is 0 Å². The van der Waals surface area contributed by atoms with Gasteiger partial charge in [-0.05, 0) is 47.4 Å². The molecule has 5 radical (unpaired) electrons. The third kappa shape index (κ3) is 2.91. The minimum atomic E-state index is -0.792. The molecule has 2 heteroatoms. The summed E-state index contributed by atoms with van der Waals surface area (Å²) in [5.74, 6) is 2.28. The maximum atomic E-state index is 13.7. The van der Waals surface area contributed by atoms with Crippen LogP contribution in [0.3, 0.4) is 0 Å². The van der Waals surface area contributed by atoms with Gasteiger partial charge in [-0.1, -0.05) is 115 Å². The molecule has 0 unspecified atom stereocenters. The van der Waals surface area contributed by atoms with E-state index in [4.69, 9.17) is 4.74 Å². The maximum Gasteiger partial charge on any atom is 0.163 e. The van der Waals surface area contributed by atoms with Crippen molar-refractivity contribution in [2.75, 3.05) is 0 Å².